The van der Waals surface area contributed by atoms with Gasteiger partial charge in [-0.1, -0.05) is 12.1 Å². The second-order valence-electron chi connectivity index (χ2n) is 5.31. The molecule has 24 heavy (non-hydrogen) atoms. The van der Waals surface area contributed by atoms with E-state index in [-0.39, 0.29) is 11.8 Å². The number of rotatable bonds is 5. The molecule has 0 bridgehead atoms. The summed E-state index contributed by atoms with van der Waals surface area (Å²) in [5.41, 5.74) is 2.42. The normalized spacial score (nSPS) is 11.0. The average molecular weight is 322 g/mol. The molecule has 6 heteroatoms. The molecule has 2 rings (SSSR count). The van der Waals surface area contributed by atoms with Crippen LogP contribution in [0.15, 0.2) is 48.5 Å². The summed E-state index contributed by atoms with van der Waals surface area (Å²) >= 11 is 0. The summed E-state index contributed by atoms with van der Waals surface area (Å²) in [5.74, 6) is -0.384. The number of nitrogens with zero attached hydrogens (tertiary/aromatic N) is 1. The molecule has 0 unspecified atom stereocenters. The molecule has 2 amide bonds. The van der Waals surface area contributed by atoms with Crippen LogP contribution in [0.25, 0.3) is 0 Å². The molecule has 0 fully saturated rings. The first-order valence-electron chi connectivity index (χ1n) is 7.43. The lowest BCUT2D eigenvalue weighted by molar-refractivity contribution is -0.116. The molecule has 0 saturated carbocycles. The second kappa shape index (κ2) is 7.79. The number of carbonyl (C=O) groups excluding carboxylic acids is 2. The van der Waals surface area contributed by atoms with Gasteiger partial charge in [0.1, 0.15) is 6.04 Å². The minimum atomic E-state index is -0.497. The number of hydrogen-bond acceptors (Lipinski definition) is 4. The number of carbonyl (C=O) groups is 2. The van der Waals surface area contributed by atoms with Crippen molar-refractivity contribution in [3.05, 3.63) is 54.1 Å². The first kappa shape index (κ1) is 17.0. The zero-order chi connectivity index (χ0) is 17.5. The minimum absolute atomic E-state index is 0.157. The number of hydrogen-bond donors (Lipinski definition) is 3. The average Bonchev–Trinajstić information content (AvgIpc) is 2.54. The molecule has 0 aliphatic carbocycles. The quantitative estimate of drug-likeness (QED) is 0.789. The van der Waals surface area contributed by atoms with Crippen molar-refractivity contribution >= 4 is 28.9 Å². The highest BCUT2D eigenvalue weighted by atomic mass is 16.2. The lowest BCUT2D eigenvalue weighted by Gasteiger charge is -2.16. The van der Waals surface area contributed by atoms with Gasteiger partial charge < -0.3 is 16.0 Å². The number of anilines is 3. The maximum atomic E-state index is 12.3. The summed E-state index contributed by atoms with van der Waals surface area (Å²) in [5, 5.41) is 17.4. The Bertz CT molecular complexity index is 796. The predicted molar refractivity (Wildman–Crippen MR) is 93.6 cm³/mol. The van der Waals surface area contributed by atoms with Crippen LogP contribution in [0.2, 0.25) is 0 Å². The second-order valence-corrected chi connectivity index (χ2v) is 5.31. The molecule has 2 aromatic rings. The van der Waals surface area contributed by atoms with Crippen molar-refractivity contribution in [2.75, 3.05) is 16.0 Å². The van der Waals surface area contributed by atoms with Gasteiger partial charge in [-0.05, 0) is 43.3 Å². The van der Waals surface area contributed by atoms with E-state index in [0.717, 1.165) is 5.69 Å². The standard InChI is InChI=1S/C18H18N4O2/c1-12(18(24)22-15-6-3-5-14(9-15)11-19)20-16-7-4-8-17(10-16)21-13(2)23/h3-10,12,20H,1-2H3,(H,21,23)(H,22,24)/t12-/m0/s1. The number of amides is 2. The molecule has 3 N–H and O–H groups in total. The van der Waals surface area contributed by atoms with Gasteiger partial charge in [0.25, 0.3) is 0 Å². The third-order valence-electron chi connectivity index (χ3n) is 3.22. The smallest absolute Gasteiger partial charge is 0.246 e. The summed E-state index contributed by atoms with van der Waals surface area (Å²) in [6, 6.07) is 15.4. The molecule has 6 nitrogen and oxygen atoms in total. The van der Waals surface area contributed by atoms with Gasteiger partial charge in [-0.15, -0.1) is 0 Å². The highest BCUT2D eigenvalue weighted by Crippen LogP contribution is 2.17. The van der Waals surface area contributed by atoms with Crippen LogP contribution in [-0.2, 0) is 9.59 Å². The highest BCUT2D eigenvalue weighted by Gasteiger charge is 2.13. The van der Waals surface area contributed by atoms with Crippen LogP contribution in [0.4, 0.5) is 17.1 Å². The first-order chi connectivity index (χ1) is 11.5. The summed E-state index contributed by atoms with van der Waals surface area (Å²) in [6.45, 7) is 3.17. The molecule has 0 saturated heterocycles. The Kier molecular flexibility index (Phi) is 5.53. The summed E-state index contributed by atoms with van der Waals surface area (Å²) in [7, 11) is 0. The Hall–Kier alpha value is -3.33. The van der Waals surface area contributed by atoms with Gasteiger partial charge in [0.15, 0.2) is 0 Å². The van der Waals surface area contributed by atoms with Gasteiger partial charge in [0, 0.05) is 24.0 Å². The maximum absolute atomic E-state index is 12.3. The van der Waals surface area contributed by atoms with Gasteiger partial charge in [0.2, 0.25) is 11.8 Å². The summed E-state index contributed by atoms with van der Waals surface area (Å²) in [6.07, 6.45) is 0. The van der Waals surface area contributed by atoms with E-state index in [1.54, 1.807) is 49.4 Å². The van der Waals surface area contributed by atoms with Gasteiger partial charge in [-0.2, -0.15) is 5.26 Å². The molecule has 1 atom stereocenters. The van der Waals surface area contributed by atoms with Crippen LogP contribution in [0.5, 0.6) is 0 Å². The molecular weight excluding hydrogens is 304 g/mol. The third kappa shape index (κ3) is 4.85. The van der Waals surface area contributed by atoms with E-state index in [4.69, 9.17) is 5.26 Å². The minimum Gasteiger partial charge on any atom is -0.374 e. The molecule has 0 radical (unpaired) electrons. The monoisotopic (exact) mass is 322 g/mol. The van der Waals surface area contributed by atoms with Crippen molar-refractivity contribution < 1.29 is 9.59 Å². The number of nitrogens with one attached hydrogen (secondary N) is 3. The molecule has 122 valence electrons. The Balaban J connectivity index is 2.01. The van der Waals surface area contributed by atoms with Crippen LogP contribution >= 0.6 is 0 Å². The maximum Gasteiger partial charge on any atom is 0.246 e. The SMILES string of the molecule is CC(=O)Nc1cccc(N[C@@H](C)C(=O)Nc2cccc(C#N)c2)c1. The van der Waals surface area contributed by atoms with E-state index >= 15 is 0 Å². The lowest BCUT2D eigenvalue weighted by Crippen LogP contribution is -2.31. The van der Waals surface area contributed by atoms with Gasteiger partial charge in [0.05, 0.1) is 11.6 Å². The van der Waals surface area contributed by atoms with Crippen LogP contribution in [0, 0.1) is 11.3 Å². The van der Waals surface area contributed by atoms with E-state index < -0.39 is 6.04 Å². The summed E-state index contributed by atoms with van der Waals surface area (Å²) in [4.78, 5) is 23.3. The molecule has 0 aliphatic heterocycles. The van der Waals surface area contributed by atoms with Crippen molar-refractivity contribution in [2.24, 2.45) is 0 Å². The molecule has 0 aromatic heterocycles. The fraction of sp³-hybridized carbons (Fsp3) is 0.167. The molecule has 2 aromatic carbocycles. The van der Waals surface area contributed by atoms with Crippen molar-refractivity contribution in [3.8, 4) is 6.07 Å². The molecule has 0 spiro atoms. The van der Waals surface area contributed by atoms with E-state index in [9.17, 15) is 9.59 Å². The molecular formula is C18H18N4O2. The van der Waals surface area contributed by atoms with E-state index in [1.165, 1.54) is 6.92 Å². The highest BCUT2D eigenvalue weighted by molar-refractivity contribution is 5.96. The first-order valence-corrected chi connectivity index (χ1v) is 7.43. The van der Waals surface area contributed by atoms with E-state index in [2.05, 4.69) is 16.0 Å². The van der Waals surface area contributed by atoms with Crippen LogP contribution in [0.1, 0.15) is 19.4 Å². The number of nitriles is 1. The van der Waals surface area contributed by atoms with Crippen molar-refractivity contribution in [1.82, 2.24) is 0 Å². The van der Waals surface area contributed by atoms with E-state index in [1.807, 2.05) is 12.1 Å². The largest absolute Gasteiger partial charge is 0.374 e. The Morgan fingerprint density at radius 2 is 1.62 bits per heavy atom. The van der Waals surface area contributed by atoms with Gasteiger partial charge >= 0.3 is 0 Å². The Morgan fingerprint density at radius 1 is 1.00 bits per heavy atom. The van der Waals surface area contributed by atoms with Crippen LogP contribution in [-0.4, -0.2) is 17.9 Å². The summed E-state index contributed by atoms with van der Waals surface area (Å²) < 4.78 is 0. The van der Waals surface area contributed by atoms with Crippen molar-refractivity contribution in [3.63, 3.8) is 0 Å². The molecule has 0 aliphatic rings. The Labute approximate surface area is 140 Å². The van der Waals surface area contributed by atoms with Crippen molar-refractivity contribution in [2.45, 2.75) is 19.9 Å². The zero-order valence-corrected chi connectivity index (χ0v) is 13.5. The lowest BCUT2D eigenvalue weighted by atomic mass is 10.2. The fourth-order valence-electron chi connectivity index (χ4n) is 2.12. The fourth-order valence-corrected chi connectivity index (χ4v) is 2.12. The van der Waals surface area contributed by atoms with Gasteiger partial charge in [-0.25, -0.2) is 0 Å². The topological polar surface area (TPSA) is 94.0 Å². The third-order valence-corrected chi connectivity index (χ3v) is 3.22. The Morgan fingerprint density at radius 3 is 2.29 bits per heavy atom. The predicted octanol–water partition coefficient (Wildman–Crippen LogP) is 2.96. The van der Waals surface area contributed by atoms with Gasteiger partial charge in [-0.3, -0.25) is 9.59 Å². The zero-order valence-electron chi connectivity index (χ0n) is 13.5. The van der Waals surface area contributed by atoms with Crippen LogP contribution < -0.4 is 16.0 Å². The van der Waals surface area contributed by atoms with Crippen molar-refractivity contribution in [1.29, 1.82) is 5.26 Å². The number of benzene rings is 2. The van der Waals surface area contributed by atoms with Crippen LogP contribution in [0.3, 0.4) is 0 Å². The van der Waals surface area contributed by atoms with E-state index in [0.29, 0.717) is 16.9 Å². The molecule has 0 heterocycles.